The van der Waals surface area contributed by atoms with E-state index in [0.717, 1.165) is 37.0 Å². The summed E-state index contributed by atoms with van der Waals surface area (Å²) >= 11 is 0. The molecule has 0 spiro atoms. The first-order chi connectivity index (χ1) is 9.49. The van der Waals surface area contributed by atoms with Crippen LogP contribution in [0.25, 0.3) is 0 Å². The highest BCUT2D eigenvalue weighted by atomic mass is 16.5. The average Bonchev–Trinajstić information content (AvgIpc) is 2.93. The SMILES string of the molecule is COc1ccccc1C(C)N(C)C(=O)C1(N)CCCC1. The van der Waals surface area contributed by atoms with Gasteiger partial charge in [0.05, 0.1) is 18.7 Å². The number of ether oxygens (including phenoxy) is 1. The van der Waals surface area contributed by atoms with Crippen LogP contribution in [-0.2, 0) is 4.79 Å². The number of carbonyl (C=O) groups is 1. The number of rotatable bonds is 4. The lowest BCUT2D eigenvalue weighted by Crippen LogP contribution is -2.52. The van der Waals surface area contributed by atoms with Gasteiger partial charge in [0.25, 0.3) is 0 Å². The molecule has 1 aliphatic carbocycles. The van der Waals surface area contributed by atoms with Gasteiger partial charge in [0.1, 0.15) is 5.75 Å². The van der Waals surface area contributed by atoms with Gasteiger partial charge in [-0.3, -0.25) is 4.79 Å². The first kappa shape index (κ1) is 14.9. The van der Waals surface area contributed by atoms with Gasteiger partial charge < -0.3 is 15.4 Å². The molecule has 110 valence electrons. The van der Waals surface area contributed by atoms with Crippen LogP contribution in [0.1, 0.15) is 44.2 Å². The summed E-state index contributed by atoms with van der Waals surface area (Å²) in [5.41, 5.74) is 6.60. The highest BCUT2D eigenvalue weighted by Gasteiger charge is 2.40. The number of carbonyl (C=O) groups excluding carboxylic acids is 1. The molecule has 1 saturated carbocycles. The molecule has 4 nitrogen and oxygen atoms in total. The minimum absolute atomic E-state index is 0.0356. The zero-order valence-electron chi connectivity index (χ0n) is 12.6. The highest BCUT2D eigenvalue weighted by molar-refractivity contribution is 5.86. The zero-order chi connectivity index (χ0) is 14.8. The monoisotopic (exact) mass is 276 g/mol. The van der Waals surface area contributed by atoms with E-state index in [1.165, 1.54) is 0 Å². The van der Waals surface area contributed by atoms with Crippen LogP contribution in [0.5, 0.6) is 5.75 Å². The Kier molecular flexibility index (Phi) is 4.33. The highest BCUT2D eigenvalue weighted by Crippen LogP contribution is 2.33. The molecule has 1 aliphatic rings. The van der Waals surface area contributed by atoms with E-state index in [-0.39, 0.29) is 11.9 Å². The van der Waals surface area contributed by atoms with E-state index >= 15 is 0 Å². The molecule has 1 amide bonds. The Morgan fingerprint density at radius 2 is 1.95 bits per heavy atom. The Morgan fingerprint density at radius 1 is 1.35 bits per heavy atom. The summed E-state index contributed by atoms with van der Waals surface area (Å²) in [7, 11) is 3.47. The summed E-state index contributed by atoms with van der Waals surface area (Å²) in [6.07, 6.45) is 3.65. The predicted molar refractivity (Wildman–Crippen MR) is 79.6 cm³/mol. The van der Waals surface area contributed by atoms with Gasteiger partial charge in [-0.25, -0.2) is 0 Å². The van der Waals surface area contributed by atoms with Crippen LogP contribution in [0.2, 0.25) is 0 Å². The van der Waals surface area contributed by atoms with Crippen LogP contribution in [0.3, 0.4) is 0 Å². The second-order valence-corrected chi connectivity index (χ2v) is 5.70. The van der Waals surface area contributed by atoms with Crippen LogP contribution >= 0.6 is 0 Å². The third-order valence-corrected chi connectivity index (χ3v) is 4.41. The van der Waals surface area contributed by atoms with Crippen molar-refractivity contribution < 1.29 is 9.53 Å². The summed E-state index contributed by atoms with van der Waals surface area (Å²) in [6, 6.07) is 7.74. The lowest BCUT2D eigenvalue weighted by Gasteiger charge is -2.33. The van der Waals surface area contributed by atoms with Crippen LogP contribution < -0.4 is 10.5 Å². The number of nitrogens with two attached hydrogens (primary N) is 1. The Balaban J connectivity index is 2.19. The number of nitrogens with zero attached hydrogens (tertiary/aromatic N) is 1. The molecule has 20 heavy (non-hydrogen) atoms. The molecular formula is C16H24N2O2. The predicted octanol–water partition coefficient (Wildman–Crippen LogP) is 2.49. The Morgan fingerprint density at radius 3 is 2.55 bits per heavy atom. The van der Waals surface area contributed by atoms with Gasteiger partial charge in [-0.05, 0) is 25.8 Å². The molecule has 0 heterocycles. The van der Waals surface area contributed by atoms with Crippen molar-refractivity contribution >= 4 is 5.91 Å². The molecule has 0 aromatic heterocycles. The second-order valence-electron chi connectivity index (χ2n) is 5.70. The number of amides is 1. The van der Waals surface area contributed by atoms with Gasteiger partial charge in [-0.15, -0.1) is 0 Å². The number of methoxy groups -OCH3 is 1. The fourth-order valence-corrected chi connectivity index (χ4v) is 2.97. The maximum Gasteiger partial charge on any atom is 0.242 e. The second kappa shape index (κ2) is 5.83. The molecule has 0 bridgehead atoms. The summed E-state index contributed by atoms with van der Waals surface area (Å²) < 4.78 is 5.38. The molecule has 1 fully saturated rings. The van der Waals surface area contributed by atoms with Crippen LogP contribution in [0.4, 0.5) is 0 Å². The number of likely N-dealkylation sites (N-methyl/N-ethyl adjacent to an activating group) is 1. The molecule has 0 radical (unpaired) electrons. The van der Waals surface area contributed by atoms with Gasteiger partial charge in [0.15, 0.2) is 0 Å². The summed E-state index contributed by atoms with van der Waals surface area (Å²) in [4.78, 5) is 14.4. The smallest absolute Gasteiger partial charge is 0.242 e. The molecule has 1 aromatic rings. The van der Waals surface area contributed by atoms with Crippen molar-refractivity contribution in [2.75, 3.05) is 14.2 Å². The zero-order valence-corrected chi connectivity index (χ0v) is 12.6. The maximum atomic E-state index is 12.6. The van der Waals surface area contributed by atoms with Crippen molar-refractivity contribution in [3.05, 3.63) is 29.8 Å². The number of benzene rings is 1. The minimum Gasteiger partial charge on any atom is -0.496 e. The van der Waals surface area contributed by atoms with E-state index in [2.05, 4.69) is 0 Å². The molecule has 4 heteroatoms. The standard InChI is InChI=1S/C16H24N2O2/c1-12(13-8-4-5-9-14(13)20-3)18(2)15(19)16(17)10-6-7-11-16/h4-5,8-9,12H,6-7,10-11,17H2,1-3H3. The molecule has 2 rings (SSSR count). The van der Waals surface area contributed by atoms with Crippen LogP contribution in [0, 0.1) is 0 Å². The summed E-state index contributed by atoms with van der Waals surface area (Å²) in [5.74, 6) is 0.838. The van der Waals surface area contributed by atoms with Crippen molar-refractivity contribution in [3.63, 3.8) is 0 Å². The topological polar surface area (TPSA) is 55.6 Å². The quantitative estimate of drug-likeness (QED) is 0.919. The fourth-order valence-electron chi connectivity index (χ4n) is 2.97. The van der Waals surface area contributed by atoms with Gasteiger partial charge >= 0.3 is 0 Å². The van der Waals surface area contributed by atoms with Crippen LogP contribution in [0.15, 0.2) is 24.3 Å². The first-order valence-electron chi connectivity index (χ1n) is 7.18. The molecule has 1 atom stereocenters. The largest absolute Gasteiger partial charge is 0.496 e. The minimum atomic E-state index is -0.676. The van der Waals surface area contributed by atoms with Crippen molar-refractivity contribution in [3.8, 4) is 5.75 Å². The first-order valence-corrected chi connectivity index (χ1v) is 7.18. The van der Waals surface area contributed by atoms with Gasteiger partial charge in [0.2, 0.25) is 5.91 Å². The lowest BCUT2D eigenvalue weighted by molar-refractivity contribution is -0.137. The van der Waals surface area contributed by atoms with Gasteiger partial charge in [-0.2, -0.15) is 0 Å². The van der Waals surface area contributed by atoms with Crippen molar-refractivity contribution in [1.82, 2.24) is 4.90 Å². The maximum absolute atomic E-state index is 12.6. The van der Waals surface area contributed by atoms with E-state index in [9.17, 15) is 4.79 Å². The molecule has 0 saturated heterocycles. The van der Waals surface area contributed by atoms with Crippen molar-refractivity contribution in [2.24, 2.45) is 5.73 Å². The number of para-hydroxylation sites is 1. The normalized spacial score (nSPS) is 18.6. The third kappa shape index (κ3) is 2.66. The summed E-state index contributed by atoms with van der Waals surface area (Å²) in [6.45, 7) is 2.01. The molecule has 1 unspecified atom stereocenters. The van der Waals surface area contributed by atoms with Crippen molar-refractivity contribution in [1.29, 1.82) is 0 Å². The molecule has 2 N–H and O–H groups in total. The lowest BCUT2D eigenvalue weighted by atomic mass is 9.95. The number of hydrogen-bond donors (Lipinski definition) is 1. The van der Waals surface area contributed by atoms with E-state index in [4.69, 9.17) is 10.5 Å². The summed E-state index contributed by atoms with van der Waals surface area (Å²) in [5, 5.41) is 0. The van der Waals surface area contributed by atoms with E-state index in [1.807, 2.05) is 38.2 Å². The molecular weight excluding hydrogens is 252 g/mol. The molecule has 0 aliphatic heterocycles. The fraction of sp³-hybridized carbons (Fsp3) is 0.562. The Hall–Kier alpha value is -1.55. The average molecular weight is 276 g/mol. The van der Waals surface area contributed by atoms with Crippen LogP contribution in [-0.4, -0.2) is 30.5 Å². The van der Waals surface area contributed by atoms with E-state index < -0.39 is 5.54 Å². The van der Waals surface area contributed by atoms with E-state index in [0.29, 0.717) is 0 Å². The third-order valence-electron chi connectivity index (χ3n) is 4.41. The van der Waals surface area contributed by atoms with Crippen molar-refractivity contribution in [2.45, 2.75) is 44.2 Å². The van der Waals surface area contributed by atoms with Gasteiger partial charge in [0, 0.05) is 12.6 Å². The number of hydrogen-bond acceptors (Lipinski definition) is 3. The van der Waals surface area contributed by atoms with Gasteiger partial charge in [-0.1, -0.05) is 31.0 Å². The Labute approximate surface area is 120 Å². The Bertz CT molecular complexity index is 481. The van der Waals surface area contributed by atoms with E-state index in [1.54, 1.807) is 12.0 Å². The molecule has 1 aromatic carbocycles.